The van der Waals surface area contributed by atoms with Gasteiger partial charge in [0.25, 0.3) is 0 Å². The van der Waals surface area contributed by atoms with Gasteiger partial charge in [-0.2, -0.15) is 0 Å². The summed E-state index contributed by atoms with van der Waals surface area (Å²) < 4.78 is 0. The fourth-order valence-electron chi connectivity index (χ4n) is 1.12. The van der Waals surface area contributed by atoms with Crippen LogP contribution in [0.25, 0.3) is 0 Å². The summed E-state index contributed by atoms with van der Waals surface area (Å²) in [6.45, 7) is 6.45. The van der Waals surface area contributed by atoms with E-state index in [4.69, 9.17) is 0 Å². The van der Waals surface area contributed by atoms with Crippen molar-refractivity contribution in [1.29, 1.82) is 0 Å². The van der Waals surface area contributed by atoms with E-state index in [2.05, 4.69) is 43.9 Å². The monoisotopic (exact) mass is 195 g/mol. The zero-order chi connectivity index (χ0) is 9.68. The molecular weight excluding hydrogens is 178 g/mol. The van der Waals surface area contributed by atoms with Crippen molar-refractivity contribution in [2.75, 3.05) is 6.54 Å². The smallest absolute Gasteiger partial charge is 0.0205 e. The molecule has 1 N–H and O–H groups in total. The maximum absolute atomic E-state index is 4.23. The highest BCUT2D eigenvalue weighted by molar-refractivity contribution is 7.80. The molecule has 0 aliphatic rings. The van der Waals surface area contributed by atoms with Crippen LogP contribution < -0.4 is 5.32 Å². The van der Waals surface area contributed by atoms with Crippen LogP contribution in [0.15, 0.2) is 29.2 Å². The van der Waals surface area contributed by atoms with E-state index in [9.17, 15) is 0 Å². The standard InChI is InChI=1S/C11H17NS/c1-9(2)7-12-8-10-3-5-11(13)6-4-10/h3-6,9,12-13H,7-8H2,1-2H3. The van der Waals surface area contributed by atoms with Crippen LogP contribution in [0.2, 0.25) is 0 Å². The third-order valence-electron chi connectivity index (χ3n) is 1.82. The molecule has 72 valence electrons. The van der Waals surface area contributed by atoms with E-state index in [1.54, 1.807) is 0 Å². The molecule has 1 nitrogen and oxygen atoms in total. The Morgan fingerprint density at radius 2 is 1.85 bits per heavy atom. The maximum Gasteiger partial charge on any atom is 0.0205 e. The predicted octanol–water partition coefficient (Wildman–Crippen LogP) is 2.72. The lowest BCUT2D eigenvalue weighted by Gasteiger charge is -2.07. The van der Waals surface area contributed by atoms with Crippen LogP contribution in [0.5, 0.6) is 0 Å². The third-order valence-corrected chi connectivity index (χ3v) is 2.12. The molecule has 0 aliphatic carbocycles. The summed E-state index contributed by atoms with van der Waals surface area (Å²) in [4.78, 5) is 1.02. The molecular formula is C11H17NS. The van der Waals surface area contributed by atoms with Gasteiger partial charge in [0.05, 0.1) is 0 Å². The third kappa shape index (κ3) is 4.34. The van der Waals surface area contributed by atoms with Gasteiger partial charge in [0, 0.05) is 11.4 Å². The SMILES string of the molecule is CC(C)CNCc1ccc(S)cc1. The van der Waals surface area contributed by atoms with E-state index in [0.717, 1.165) is 18.0 Å². The predicted molar refractivity (Wildman–Crippen MR) is 60.2 cm³/mol. The minimum atomic E-state index is 0.712. The Balaban J connectivity index is 2.33. The molecule has 0 aromatic heterocycles. The molecule has 0 bridgehead atoms. The van der Waals surface area contributed by atoms with E-state index < -0.39 is 0 Å². The molecule has 2 heteroatoms. The van der Waals surface area contributed by atoms with Crippen LogP contribution in [0, 0.1) is 5.92 Å². The Kier molecular flexibility index (Phi) is 4.33. The molecule has 0 spiro atoms. The van der Waals surface area contributed by atoms with Gasteiger partial charge in [-0.25, -0.2) is 0 Å². The van der Waals surface area contributed by atoms with Crippen molar-refractivity contribution in [3.63, 3.8) is 0 Å². The Labute approximate surface area is 86.0 Å². The van der Waals surface area contributed by atoms with Gasteiger partial charge in [-0.1, -0.05) is 26.0 Å². The number of nitrogens with one attached hydrogen (secondary N) is 1. The van der Waals surface area contributed by atoms with Crippen LogP contribution in [0.3, 0.4) is 0 Å². The largest absolute Gasteiger partial charge is 0.312 e. The molecule has 0 aliphatic heterocycles. The molecule has 0 fully saturated rings. The van der Waals surface area contributed by atoms with E-state index in [1.165, 1.54) is 5.56 Å². The molecule has 1 aromatic carbocycles. The molecule has 1 rings (SSSR count). The van der Waals surface area contributed by atoms with Gasteiger partial charge in [0.2, 0.25) is 0 Å². The number of benzene rings is 1. The number of rotatable bonds is 4. The van der Waals surface area contributed by atoms with E-state index in [1.807, 2.05) is 12.1 Å². The lowest BCUT2D eigenvalue weighted by atomic mass is 10.2. The van der Waals surface area contributed by atoms with Crippen LogP contribution in [0.4, 0.5) is 0 Å². The number of hydrogen-bond donors (Lipinski definition) is 2. The summed E-state index contributed by atoms with van der Waals surface area (Å²) in [5.41, 5.74) is 1.32. The second-order valence-corrected chi connectivity index (χ2v) is 4.21. The van der Waals surface area contributed by atoms with Crippen LogP contribution >= 0.6 is 12.6 Å². The number of hydrogen-bond acceptors (Lipinski definition) is 2. The summed E-state index contributed by atoms with van der Waals surface area (Å²) in [7, 11) is 0. The summed E-state index contributed by atoms with van der Waals surface area (Å²) >= 11 is 4.23. The Morgan fingerprint density at radius 1 is 1.23 bits per heavy atom. The molecule has 0 unspecified atom stereocenters. The van der Waals surface area contributed by atoms with Gasteiger partial charge in [0.15, 0.2) is 0 Å². The van der Waals surface area contributed by atoms with Crippen LogP contribution in [0.1, 0.15) is 19.4 Å². The molecule has 0 heterocycles. The van der Waals surface area contributed by atoms with Gasteiger partial charge in [0.1, 0.15) is 0 Å². The zero-order valence-electron chi connectivity index (χ0n) is 8.25. The maximum atomic E-state index is 4.23. The van der Waals surface area contributed by atoms with Crippen molar-refractivity contribution >= 4 is 12.6 Å². The second-order valence-electron chi connectivity index (χ2n) is 3.69. The average molecular weight is 195 g/mol. The first-order chi connectivity index (χ1) is 6.18. The summed E-state index contributed by atoms with van der Waals surface area (Å²) in [6.07, 6.45) is 0. The minimum Gasteiger partial charge on any atom is -0.312 e. The summed E-state index contributed by atoms with van der Waals surface area (Å²) in [5, 5.41) is 3.40. The highest BCUT2D eigenvalue weighted by atomic mass is 32.1. The van der Waals surface area contributed by atoms with Crippen molar-refractivity contribution in [2.24, 2.45) is 5.92 Å². The molecule has 0 saturated heterocycles. The molecule has 13 heavy (non-hydrogen) atoms. The van der Waals surface area contributed by atoms with E-state index in [0.29, 0.717) is 5.92 Å². The first-order valence-electron chi connectivity index (χ1n) is 4.67. The Bertz CT molecular complexity index is 241. The van der Waals surface area contributed by atoms with E-state index in [-0.39, 0.29) is 0 Å². The van der Waals surface area contributed by atoms with Crippen LogP contribution in [-0.2, 0) is 6.54 Å². The highest BCUT2D eigenvalue weighted by Crippen LogP contribution is 2.07. The van der Waals surface area contributed by atoms with E-state index >= 15 is 0 Å². The first-order valence-corrected chi connectivity index (χ1v) is 5.12. The topological polar surface area (TPSA) is 12.0 Å². The van der Waals surface area contributed by atoms with Crippen molar-refractivity contribution in [3.05, 3.63) is 29.8 Å². The quantitative estimate of drug-likeness (QED) is 0.704. The minimum absolute atomic E-state index is 0.712. The fourth-order valence-corrected chi connectivity index (χ4v) is 1.27. The molecule has 0 atom stereocenters. The van der Waals surface area contributed by atoms with Crippen molar-refractivity contribution < 1.29 is 0 Å². The van der Waals surface area contributed by atoms with Gasteiger partial charge < -0.3 is 5.32 Å². The lowest BCUT2D eigenvalue weighted by Crippen LogP contribution is -2.18. The van der Waals surface area contributed by atoms with Gasteiger partial charge >= 0.3 is 0 Å². The summed E-state index contributed by atoms with van der Waals surface area (Å²) in [6, 6.07) is 8.26. The van der Waals surface area contributed by atoms with Gasteiger partial charge in [-0.05, 0) is 30.2 Å². The van der Waals surface area contributed by atoms with Crippen molar-refractivity contribution in [1.82, 2.24) is 5.32 Å². The van der Waals surface area contributed by atoms with Crippen LogP contribution in [-0.4, -0.2) is 6.54 Å². The highest BCUT2D eigenvalue weighted by Gasteiger charge is 1.94. The van der Waals surface area contributed by atoms with Gasteiger partial charge in [-0.3, -0.25) is 0 Å². The first kappa shape index (κ1) is 10.6. The normalized spacial score (nSPS) is 10.8. The molecule has 0 amide bonds. The molecule has 1 aromatic rings. The second kappa shape index (κ2) is 5.30. The molecule has 0 saturated carbocycles. The van der Waals surface area contributed by atoms with Crippen molar-refractivity contribution in [2.45, 2.75) is 25.3 Å². The van der Waals surface area contributed by atoms with Gasteiger partial charge in [-0.15, -0.1) is 12.6 Å². The summed E-state index contributed by atoms with van der Waals surface area (Å²) in [5.74, 6) is 0.712. The number of thiol groups is 1. The fraction of sp³-hybridized carbons (Fsp3) is 0.455. The Morgan fingerprint density at radius 3 is 2.38 bits per heavy atom. The zero-order valence-corrected chi connectivity index (χ0v) is 9.14. The lowest BCUT2D eigenvalue weighted by molar-refractivity contribution is 0.552. The average Bonchev–Trinajstić information content (AvgIpc) is 2.08. The van der Waals surface area contributed by atoms with Crippen molar-refractivity contribution in [3.8, 4) is 0 Å². The Hall–Kier alpha value is -0.470. The molecule has 0 radical (unpaired) electrons.